The highest BCUT2D eigenvalue weighted by molar-refractivity contribution is 5.80. The lowest BCUT2D eigenvalue weighted by atomic mass is 9.91. The van der Waals surface area contributed by atoms with Crippen molar-refractivity contribution in [2.75, 3.05) is 20.2 Å². The van der Waals surface area contributed by atoms with E-state index in [2.05, 4.69) is 12.2 Å². The fourth-order valence-corrected chi connectivity index (χ4v) is 2.81. The van der Waals surface area contributed by atoms with E-state index in [9.17, 15) is 9.59 Å². The second kappa shape index (κ2) is 6.03. The lowest BCUT2D eigenvalue weighted by Gasteiger charge is -2.34. The van der Waals surface area contributed by atoms with Crippen molar-refractivity contribution < 1.29 is 14.3 Å². The summed E-state index contributed by atoms with van der Waals surface area (Å²) in [5, 5.41) is 0. The maximum absolute atomic E-state index is 12.3. The highest BCUT2D eigenvalue weighted by Crippen LogP contribution is 2.24. The molecular weight excluding hydrogens is 230 g/mol. The number of carbonyl (C=O) groups is 2. The Bertz CT molecular complexity index is 351. The summed E-state index contributed by atoms with van der Waals surface area (Å²) in [5.74, 6) is 0.0159. The van der Waals surface area contributed by atoms with Gasteiger partial charge in [-0.2, -0.15) is 0 Å². The van der Waals surface area contributed by atoms with Gasteiger partial charge in [-0.15, -0.1) is 0 Å². The predicted molar refractivity (Wildman–Crippen MR) is 67.8 cm³/mol. The van der Waals surface area contributed by atoms with Gasteiger partial charge in [0.05, 0.1) is 13.0 Å². The summed E-state index contributed by atoms with van der Waals surface area (Å²) in [5.41, 5.74) is 0. The lowest BCUT2D eigenvalue weighted by Crippen LogP contribution is -2.45. The summed E-state index contributed by atoms with van der Waals surface area (Å²) in [6.45, 7) is 1.32. The van der Waals surface area contributed by atoms with E-state index in [0.717, 1.165) is 38.6 Å². The van der Waals surface area contributed by atoms with Crippen LogP contribution in [0.1, 0.15) is 32.1 Å². The molecule has 0 N–H and O–H groups in total. The molecule has 1 saturated heterocycles. The second-order valence-electron chi connectivity index (χ2n) is 5.13. The summed E-state index contributed by atoms with van der Waals surface area (Å²) < 4.78 is 4.78. The van der Waals surface area contributed by atoms with Gasteiger partial charge in [-0.05, 0) is 32.1 Å². The molecular formula is C14H21NO3. The first kappa shape index (κ1) is 13.1. The molecule has 0 aromatic heterocycles. The lowest BCUT2D eigenvalue weighted by molar-refractivity contribution is -0.149. The van der Waals surface area contributed by atoms with Crippen molar-refractivity contribution in [2.24, 2.45) is 11.8 Å². The van der Waals surface area contributed by atoms with Crippen LogP contribution in [0.2, 0.25) is 0 Å². The topological polar surface area (TPSA) is 46.6 Å². The third-order valence-corrected chi connectivity index (χ3v) is 3.89. The molecule has 100 valence electrons. The molecule has 0 aromatic carbocycles. The summed E-state index contributed by atoms with van der Waals surface area (Å²) in [7, 11) is 1.41. The number of nitrogens with zero attached hydrogens (tertiary/aromatic N) is 1. The van der Waals surface area contributed by atoms with Crippen molar-refractivity contribution in [1.82, 2.24) is 4.90 Å². The van der Waals surface area contributed by atoms with Crippen LogP contribution in [-0.2, 0) is 14.3 Å². The Labute approximate surface area is 108 Å². The smallest absolute Gasteiger partial charge is 0.310 e. The van der Waals surface area contributed by atoms with Crippen LogP contribution < -0.4 is 0 Å². The average molecular weight is 251 g/mol. The quantitative estimate of drug-likeness (QED) is 0.555. The van der Waals surface area contributed by atoms with Crippen LogP contribution in [0.3, 0.4) is 0 Å². The van der Waals surface area contributed by atoms with Crippen molar-refractivity contribution in [3.05, 3.63) is 12.2 Å². The SMILES string of the molecule is COC(=O)C1CCCN(C(=O)C2CC=CCC2)C1. The molecule has 0 aromatic rings. The molecule has 2 aliphatic rings. The number of allylic oxidation sites excluding steroid dienone is 2. The van der Waals surface area contributed by atoms with Gasteiger partial charge >= 0.3 is 5.97 Å². The summed E-state index contributed by atoms with van der Waals surface area (Å²) in [6, 6.07) is 0. The standard InChI is InChI=1S/C14H21NO3/c1-18-14(17)12-8-5-9-15(10-12)13(16)11-6-3-2-4-7-11/h2-3,11-12H,4-10H2,1H3. The van der Waals surface area contributed by atoms with Gasteiger partial charge in [-0.25, -0.2) is 0 Å². The minimum Gasteiger partial charge on any atom is -0.469 e. The number of rotatable bonds is 2. The Morgan fingerprint density at radius 2 is 2.06 bits per heavy atom. The number of ether oxygens (including phenoxy) is 1. The molecule has 18 heavy (non-hydrogen) atoms. The molecule has 1 heterocycles. The van der Waals surface area contributed by atoms with E-state index in [0.29, 0.717) is 6.54 Å². The summed E-state index contributed by atoms with van der Waals surface area (Å²) in [6.07, 6.45) is 8.73. The fraction of sp³-hybridized carbons (Fsp3) is 0.714. The number of esters is 1. The normalized spacial score (nSPS) is 27.9. The Kier molecular flexibility index (Phi) is 4.39. The van der Waals surface area contributed by atoms with Crippen molar-refractivity contribution in [2.45, 2.75) is 32.1 Å². The van der Waals surface area contributed by atoms with Crippen molar-refractivity contribution in [1.29, 1.82) is 0 Å². The third-order valence-electron chi connectivity index (χ3n) is 3.89. The van der Waals surface area contributed by atoms with E-state index in [1.165, 1.54) is 7.11 Å². The zero-order valence-corrected chi connectivity index (χ0v) is 10.9. The Morgan fingerprint density at radius 3 is 2.72 bits per heavy atom. The Morgan fingerprint density at radius 1 is 1.22 bits per heavy atom. The van der Waals surface area contributed by atoms with Gasteiger partial charge in [0.15, 0.2) is 0 Å². The number of carbonyl (C=O) groups excluding carboxylic acids is 2. The highest BCUT2D eigenvalue weighted by atomic mass is 16.5. The molecule has 1 aliphatic heterocycles. The van der Waals surface area contributed by atoms with Crippen LogP contribution in [0.4, 0.5) is 0 Å². The van der Waals surface area contributed by atoms with Gasteiger partial charge in [0, 0.05) is 19.0 Å². The van der Waals surface area contributed by atoms with Gasteiger partial charge in [-0.3, -0.25) is 9.59 Å². The molecule has 4 nitrogen and oxygen atoms in total. The van der Waals surface area contributed by atoms with Crippen LogP contribution in [0, 0.1) is 11.8 Å². The third kappa shape index (κ3) is 2.92. The molecule has 0 spiro atoms. The first-order chi connectivity index (χ1) is 8.72. The van der Waals surface area contributed by atoms with Crippen LogP contribution in [0.5, 0.6) is 0 Å². The van der Waals surface area contributed by atoms with Crippen LogP contribution in [0.15, 0.2) is 12.2 Å². The maximum Gasteiger partial charge on any atom is 0.310 e. The highest BCUT2D eigenvalue weighted by Gasteiger charge is 2.31. The van der Waals surface area contributed by atoms with E-state index in [1.807, 2.05) is 4.90 Å². The molecule has 0 radical (unpaired) electrons. The number of hydrogen-bond acceptors (Lipinski definition) is 3. The summed E-state index contributed by atoms with van der Waals surface area (Å²) >= 11 is 0. The van der Waals surface area contributed by atoms with Crippen LogP contribution in [-0.4, -0.2) is 37.0 Å². The van der Waals surface area contributed by atoms with Crippen LogP contribution >= 0.6 is 0 Å². The molecule has 1 aliphatic carbocycles. The number of methoxy groups -OCH3 is 1. The van der Waals surface area contributed by atoms with Gasteiger partial charge in [0.25, 0.3) is 0 Å². The fourth-order valence-electron chi connectivity index (χ4n) is 2.81. The van der Waals surface area contributed by atoms with E-state index < -0.39 is 0 Å². The molecule has 2 unspecified atom stereocenters. The van der Waals surface area contributed by atoms with E-state index in [-0.39, 0.29) is 23.7 Å². The van der Waals surface area contributed by atoms with E-state index >= 15 is 0 Å². The summed E-state index contributed by atoms with van der Waals surface area (Å²) in [4.78, 5) is 25.7. The number of amides is 1. The number of likely N-dealkylation sites (tertiary alicyclic amines) is 1. The van der Waals surface area contributed by atoms with Gasteiger partial charge in [0.2, 0.25) is 5.91 Å². The second-order valence-corrected chi connectivity index (χ2v) is 5.13. The largest absolute Gasteiger partial charge is 0.469 e. The van der Waals surface area contributed by atoms with Crippen molar-refractivity contribution in [3.63, 3.8) is 0 Å². The van der Waals surface area contributed by atoms with E-state index in [4.69, 9.17) is 4.74 Å². The molecule has 1 amide bonds. The Balaban J connectivity index is 1.93. The maximum atomic E-state index is 12.3. The minimum absolute atomic E-state index is 0.117. The molecule has 2 atom stereocenters. The first-order valence-electron chi connectivity index (χ1n) is 6.74. The molecule has 0 bridgehead atoms. The monoisotopic (exact) mass is 251 g/mol. The van der Waals surface area contributed by atoms with Gasteiger partial charge in [-0.1, -0.05) is 12.2 Å². The number of piperidine rings is 1. The molecule has 4 heteroatoms. The van der Waals surface area contributed by atoms with E-state index in [1.54, 1.807) is 0 Å². The molecule has 0 saturated carbocycles. The van der Waals surface area contributed by atoms with Crippen molar-refractivity contribution >= 4 is 11.9 Å². The molecule has 2 rings (SSSR count). The average Bonchev–Trinajstić information content (AvgIpc) is 2.46. The van der Waals surface area contributed by atoms with Crippen molar-refractivity contribution in [3.8, 4) is 0 Å². The zero-order valence-electron chi connectivity index (χ0n) is 10.9. The number of hydrogen-bond donors (Lipinski definition) is 0. The van der Waals surface area contributed by atoms with Gasteiger partial charge < -0.3 is 9.64 Å². The van der Waals surface area contributed by atoms with Crippen LogP contribution in [0.25, 0.3) is 0 Å². The Hall–Kier alpha value is -1.32. The first-order valence-corrected chi connectivity index (χ1v) is 6.74. The minimum atomic E-state index is -0.184. The predicted octanol–water partition coefficient (Wildman–Crippen LogP) is 1.75. The molecule has 1 fully saturated rings. The van der Waals surface area contributed by atoms with Gasteiger partial charge in [0.1, 0.15) is 0 Å². The zero-order chi connectivity index (χ0) is 13.0.